The highest BCUT2D eigenvalue weighted by atomic mass is 16.8. The van der Waals surface area contributed by atoms with Crippen molar-refractivity contribution in [3.05, 3.63) is 57.8 Å². The van der Waals surface area contributed by atoms with Gasteiger partial charge in [-0.15, -0.1) is 0 Å². The van der Waals surface area contributed by atoms with Crippen LogP contribution in [0.2, 0.25) is 0 Å². The van der Waals surface area contributed by atoms with Gasteiger partial charge in [0.05, 0.1) is 26.4 Å². The van der Waals surface area contributed by atoms with Gasteiger partial charge in [0, 0.05) is 17.2 Å². The Bertz CT molecular complexity index is 1990. The molecule has 3 aromatic rings. The van der Waals surface area contributed by atoms with Gasteiger partial charge in [-0.05, 0) is 51.5 Å². The Morgan fingerprint density at radius 1 is 0.746 bits per heavy atom. The van der Waals surface area contributed by atoms with Crippen molar-refractivity contribution in [2.24, 2.45) is 0 Å². The van der Waals surface area contributed by atoms with E-state index in [1.165, 1.54) is 26.2 Å². The van der Waals surface area contributed by atoms with E-state index in [2.05, 4.69) is 0 Å². The minimum atomic E-state index is -1.94. The van der Waals surface area contributed by atoms with Crippen LogP contribution in [0.15, 0.2) is 51.2 Å². The molecule has 20 nitrogen and oxygen atoms in total. The number of ether oxygens (including phenoxy) is 7. The Morgan fingerprint density at radius 2 is 1.34 bits per heavy atom. The topological polar surface area (TPSA) is 317 Å². The monoisotopic (exact) mass is 838 g/mol. The third kappa shape index (κ3) is 8.79. The lowest BCUT2D eigenvalue weighted by Crippen LogP contribution is -2.64. The molecule has 0 saturated carbocycles. The number of aromatic hydroxyl groups is 1. The van der Waals surface area contributed by atoms with E-state index in [0.717, 1.165) is 11.6 Å². The zero-order chi connectivity index (χ0) is 43.0. The van der Waals surface area contributed by atoms with E-state index in [1.807, 2.05) is 0 Å². The molecular formula is C39H50O20. The molecule has 0 radical (unpaired) electrons. The predicted molar refractivity (Wildman–Crippen MR) is 199 cm³/mol. The molecule has 15 atom stereocenters. The Balaban J connectivity index is 1.50. The number of allylic oxidation sites excluding steroid dienone is 2. The molecular weight excluding hydrogens is 788 g/mol. The first-order valence-corrected chi connectivity index (χ1v) is 18.8. The zero-order valence-corrected chi connectivity index (χ0v) is 32.3. The van der Waals surface area contributed by atoms with Crippen molar-refractivity contribution in [2.75, 3.05) is 20.3 Å². The maximum Gasteiger partial charge on any atom is 0.239 e. The van der Waals surface area contributed by atoms with Crippen LogP contribution in [0.3, 0.4) is 0 Å². The van der Waals surface area contributed by atoms with Crippen LogP contribution in [0.5, 0.6) is 23.0 Å². The van der Waals surface area contributed by atoms with Crippen molar-refractivity contribution in [3.63, 3.8) is 0 Å². The van der Waals surface area contributed by atoms with Crippen LogP contribution in [0.25, 0.3) is 22.3 Å². The molecule has 3 saturated heterocycles. The van der Waals surface area contributed by atoms with Crippen LogP contribution in [-0.4, -0.2) is 169 Å². The van der Waals surface area contributed by atoms with E-state index >= 15 is 0 Å². The molecule has 0 bridgehead atoms. The summed E-state index contributed by atoms with van der Waals surface area (Å²) in [5.74, 6) is -1.34. The molecule has 3 fully saturated rings. The molecule has 3 aliphatic heterocycles. The Morgan fingerprint density at radius 3 is 1.92 bits per heavy atom. The van der Waals surface area contributed by atoms with Crippen LogP contribution < -0.4 is 19.6 Å². The number of phenolic OH excluding ortho intramolecular Hbond substituents is 1. The first-order valence-electron chi connectivity index (χ1n) is 18.8. The third-order valence-corrected chi connectivity index (χ3v) is 10.5. The predicted octanol–water partition coefficient (Wildman–Crippen LogP) is -2.11. The highest BCUT2D eigenvalue weighted by molar-refractivity contribution is 5.91. The smallest absolute Gasteiger partial charge is 0.239 e. The molecule has 20 heteroatoms. The van der Waals surface area contributed by atoms with Gasteiger partial charge >= 0.3 is 0 Å². The molecule has 0 unspecified atom stereocenters. The maximum absolute atomic E-state index is 14.7. The first kappa shape index (κ1) is 44.6. The van der Waals surface area contributed by atoms with Crippen molar-refractivity contribution in [1.29, 1.82) is 0 Å². The van der Waals surface area contributed by atoms with E-state index in [9.17, 15) is 61.0 Å². The molecule has 3 aliphatic rings. The van der Waals surface area contributed by atoms with E-state index in [4.69, 9.17) is 37.6 Å². The zero-order valence-electron chi connectivity index (χ0n) is 32.3. The normalized spacial score (nSPS) is 35.0. The summed E-state index contributed by atoms with van der Waals surface area (Å²) in [6.07, 6.45) is -23.6. The van der Waals surface area contributed by atoms with Gasteiger partial charge < -0.3 is 93.7 Å². The molecule has 4 heterocycles. The molecule has 6 rings (SSSR count). The maximum atomic E-state index is 14.7. The fourth-order valence-corrected chi connectivity index (χ4v) is 6.99. The van der Waals surface area contributed by atoms with Crippen LogP contribution in [0.4, 0.5) is 0 Å². The van der Waals surface area contributed by atoms with Gasteiger partial charge in [-0.2, -0.15) is 0 Å². The van der Waals surface area contributed by atoms with E-state index in [1.54, 1.807) is 32.1 Å². The molecule has 0 amide bonds. The number of benzene rings is 2. The SMILES string of the molecule is COc1ccc(-c2oc3c(CC=C(C)C)c(O[C@H]4O[C@@H](CO)[C@H](O)[C@H](O)[C@H]4O)cc(O)c3c(=O)c2O[C@@H]2O[C@@H](C)[C@H](O)[C@H](O)[C@@H]2O[C@H]2O[C@@H](CO)[C@@H](O)[C@@H](O)[C@@H]2O)cc1. The van der Waals surface area contributed by atoms with Gasteiger partial charge in [-0.3, -0.25) is 4.79 Å². The lowest BCUT2D eigenvalue weighted by molar-refractivity contribution is -0.355. The number of phenols is 1. The van der Waals surface area contributed by atoms with E-state index in [0.29, 0.717) is 5.75 Å². The van der Waals surface area contributed by atoms with Crippen LogP contribution in [-0.2, 0) is 25.4 Å². The standard InChI is InChI=1S/C39H50O20/c1-14(2)5-10-18-20(54-37-31(50)28(47)25(44)21(12-40)55-37)11-19(42)23-27(46)35(33(57-34(18)23)16-6-8-17(52-4)9-7-16)58-39-36(30(49)24(43)15(3)53-39)59-38-32(51)29(48)26(45)22(13-41)56-38/h5-9,11,15,21-22,24-26,28-32,36-45,47-51H,10,12-13H2,1-4H3/t15-,21-,22-,24-,25-,26+,28-,29+,30-,31+,32-,36-,37-,38+,39-/m0/s1. The van der Waals surface area contributed by atoms with Gasteiger partial charge in [-0.1, -0.05) is 11.6 Å². The fourth-order valence-electron chi connectivity index (χ4n) is 6.99. The minimum absolute atomic E-state index is 0.000587. The molecule has 326 valence electrons. The number of hydrogen-bond acceptors (Lipinski definition) is 20. The number of rotatable bonds is 12. The van der Waals surface area contributed by atoms with Crippen LogP contribution >= 0.6 is 0 Å². The number of aliphatic hydroxyl groups is 10. The quantitative estimate of drug-likeness (QED) is 0.0870. The second-order valence-electron chi connectivity index (χ2n) is 14.8. The molecule has 59 heavy (non-hydrogen) atoms. The second kappa shape index (κ2) is 18.3. The minimum Gasteiger partial charge on any atom is -0.507 e. The number of methoxy groups -OCH3 is 1. The van der Waals surface area contributed by atoms with Gasteiger partial charge in [0.1, 0.15) is 89.3 Å². The summed E-state index contributed by atoms with van der Waals surface area (Å²) in [4.78, 5) is 14.7. The lowest BCUT2D eigenvalue weighted by Gasteiger charge is -2.45. The highest BCUT2D eigenvalue weighted by Crippen LogP contribution is 2.42. The molecule has 2 aromatic carbocycles. The fraction of sp³-hybridized carbons (Fsp3) is 0.564. The summed E-state index contributed by atoms with van der Waals surface area (Å²) in [5, 5.41) is 115. The van der Waals surface area contributed by atoms with Crippen molar-refractivity contribution >= 4 is 11.0 Å². The van der Waals surface area contributed by atoms with Crippen molar-refractivity contribution in [1.82, 2.24) is 0 Å². The summed E-state index contributed by atoms with van der Waals surface area (Å²) in [6, 6.07) is 7.17. The lowest BCUT2D eigenvalue weighted by atomic mass is 9.97. The summed E-state index contributed by atoms with van der Waals surface area (Å²) in [6.45, 7) is 3.44. The van der Waals surface area contributed by atoms with Crippen molar-refractivity contribution < 1.29 is 93.7 Å². The van der Waals surface area contributed by atoms with Crippen molar-refractivity contribution in [2.45, 2.75) is 119 Å². The summed E-state index contributed by atoms with van der Waals surface area (Å²) in [7, 11) is 1.44. The average Bonchev–Trinajstić information content (AvgIpc) is 3.21. The number of fused-ring (bicyclic) bond motifs is 1. The largest absolute Gasteiger partial charge is 0.507 e. The van der Waals surface area contributed by atoms with E-state index in [-0.39, 0.29) is 34.6 Å². The summed E-state index contributed by atoms with van der Waals surface area (Å²) >= 11 is 0. The van der Waals surface area contributed by atoms with Crippen molar-refractivity contribution in [3.8, 4) is 34.3 Å². The Hall–Kier alpha value is -3.97. The highest BCUT2D eigenvalue weighted by Gasteiger charge is 2.51. The Labute approximate surface area is 336 Å². The second-order valence-corrected chi connectivity index (χ2v) is 14.8. The van der Waals surface area contributed by atoms with Gasteiger partial charge in [0.25, 0.3) is 0 Å². The van der Waals surface area contributed by atoms with Gasteiger partial charge in [0.15, 0.2) is 18.2 Å². The molecule has 11 N–H and O–H groups in total. The Kier molecular flexibility index (Phi) is 13.9. The average molecular weight is 839 g/mol. The first-order chi connectivity index (χ1) is 28.0. The van der Waals surface area contributed by atoms with Gasteiger partial charge in [-0.25, -0.2) is 0 Å². The third-order valence-electron chi connectivity index (χ3n) is 10.5. The van der Waals surface area contributed by atoms with Crippen LogP contribution in [0, 0.1) is 0 Å². The summed E-state index contributed by atoms with van der Waals surface area (Å²) < 4.78 is 46.6. The molecule has 0 aliphatic carbocycles. The summed E-state index contributed by atoms with van der Waals surface area (Å²) in [5.41, 5.74) is -0.0519. The van der Waals surface area contributed by atoms with Crippen LogP contribution in [0.1, 0.15) is 26.3 Å². The molecule has 1 aromatic heterocycles. The number of aliphatic hydroxyl groups excluding tert-OH is 10. The van der Waals surface area contributed by atoms with E-state index < -0.39 is 128 Å². The molecule has 0 spiro atoms. The number of hydrogen-bond donors (Lipinski definition) is 11. The van der Waals surface area contributed by atoms with Gasteiger partial charge in [0.2, 0.25) is 23.8 Å².